The smallest absolute Gasteiger partial charge is 0.233 e. The second-order valence-electron chi connectivity index (χ2n) is 6.36. The monoisotopic (exact) mass is 293 g/mol. The summed E-state index contributed by atoms with van der Waals surface area (Å²) in [6, 6.07) is 0.401. The Morgan fingerprint density at radius 1 is 1.19 bits per heavy atom. The SMILES string of the molecule is CCCNC1CCOCC1c1nc(C2CCCCC2)no1. The first-order chi connectivity index (χ1) is 10.4. The van der Waals surface area contributed by atoms with E-state index in [1.54, 1.807) is 0 Å². The molecule has 2 unspecified atom stereocenters. The molecular weight excluding hydrogens is 266 g/mol. The molecule has 0 aromatic carbocycles. The maximum Gasteiger partial charge on any atom is 0.233 e. The van der Waals surface area contributed by atoms with Gasteiger partial charge in [-0.1, -0.05) is 31.3 Å². The third-order valence-electron chi connectivity index (χ3n) is 4.76. The Labute approximate surface area is 126 Å². The van der Waals surface area contributed by atoms with Crippen LogP contribution in [0.3, 0.4) is 0 Å². The summed E-state index contributed by atoms with van der Waals surface area (Å²) in [6.07, 6.45) is 8.51. The Bertz CT molecular complexity index is 429. The molecule has 21 heavy (non-hydrogen) atoms. The quantitative estimate of drug-likeness (QED) is 0.904. The molecule has 2 atom stereocenters. The highest BCUT2D eigenvalue weighted by Gasteiger charge is 2.32. The number of ether oxygens (including phenoxy) is 1. The van der Waals surface area contributed by atoms with E-state index in [1.807, 2.05) is 0 Å². The van der Waals surface area contributed by atoms with Crippen LogP contribution in [0.4, 0.5) is 0 Å². The lowest BCUT2D eigenvalue weighted by Gasteiger charge is -2.29. The lowest BCUT2D eigenvalue weighted by Crippen LogP contribution is -2.41. The summed E-state index contributed by atoms with van der Waals surface area (Å²) in [5.74, 6) is 2.39. The molecule has 1 saturated carbocycles. The van der Waals surface area contributed by atoms with Crippen molar-refractivity contribution >= 4 is 0 Å². The molecule has 3 rings (SSSR count). The molecule has 1 aromatic heterocycles. The Kier molecular flexibility index (Phi) is 5.25. The number of rotatable bonds is 5. The Balaban J connectivity index is 1.67. The molecule has 5 heteroatoms. The molecule has 1 aliphatic carbocycles. The summed E-state index contributed by atoms with van der Waals surface area (Å²) < 4.78 is 11.2. The second-order valence-corrected chi connectivity index (χ2v) is 6.36. The van der Waals surface area contributed by atoms with E-state index in [0.29, 0.717) is 18.6 Å². The predicted octanol–water partition coefficient (Wildman–Crippen LogP) is 2.99. The molecule has 0 spiro atoms. The first-order valence-corrected chi connectivity index (χ1v) is 8.53. The zero-order valence-corrected chi connectivity index (χ0v) is 13.0. The van der Waals surface area contributed by atoms with E-state index in [9.17, 15) is 0 Å². The number of nitrogens with one attached hydrogen (secondary N) is 1. The third kappa shape index (κ3) is 3.64. The molecule has 5 nitrogen and oxygen atoms in total. The summed E-state index contributed by atoms with van der Waals surface area (Å²) in [7, 11) is 0. The molecule has 2 aliphatic rings. The topological polar surface area (TPSA) is 60.2 Å². The predicted molar refractivity (Wildman–Crippen MR) is 80.4 cm³/mol. The van der Waals surface area contributed by atoms with Crippen molar-refractivity contribution in [2.45, 2.75) is 69.7 Å². The van der Waals surface area contributed by atoms with E-state index in [4.69, 9.17) is 14.2 Å². The van der Waals surface area contributed by atoms with E-state index in [-0.39, 0.29) is 5.92 Å². The van der Waals surface area contributed by atoms with Crippen LogP contribution in [0, 0.1) is 0 Å². The van der Waals surface area contributed by atoms with Crippen LogP contribution < -0.4 is 5.32 Å². The van der Waals surface area contributed by atoms with Gasteiger partial charge in [-0.05, 0) is 32.2 Å². The van der Waals surface area contributed by atoms with Crippen LogP contribution >= 0.6 is 0 Å². The van der Waals surface area contributed by atoms with Gasteiger partial charge in [-0.15, -0.1) is 0 Å². The fourth-order valence-corrected chi connectivity index (χ4v) is 3.48. The van der Waals surface area contributed by atoms with Gasteiger partial charge in [0.05, 0.1) is 12.5 Å². The van der Waals surface area contributed by atoms with Gasteiger partial charge in [-0.3, -0.25) is 0 Å². The van der Waals surface area contributed by atoms with E-state index in [0.717, 1.165) is 37.7 Å². The zero-order valence-electron chi connectivity index (χ0n) is 13.0. The summed E-state index contributed by atoms with van der Waals surface area (Å²) in [5.41, 5.74) is 0. The van der Waals surface area contributed by atoms with Crippen molar-refractivity contribution in [1.29, 1.82) is 0 Å². The standard InChI is InChI=1S/C16H27N3O2/c1-2-9-17-14-8-10-20-11-13(14)16-18-15(19-21-16)12-6-4-3-5-7-12/h12-14,17H,2-11H2,1H3. The normalized spacial score (nSPS) is 27.9. The highest BCUT2D eigenvalue weighted by Crippen LogP contribution is 2.32. The average Bonchev–Trinajstić information content (AvgIpc) is 3.04. The fourth-order valence-electron chi connectivity index (χ4n) is 3.48. The van der Waals surface area contributed by atoms with Crippen LogP contribution in [0.5, 0.6) is 0 Å². The lowest BCUT2D eigenvalue weighted by atomic mass is 9.89. The van der Waals surface area contributed by atoms with Gasteiger partial charge < -0.3 is 14.6 Å². The third-order valence-corrected chi connectivity index (χ3v) is 4.76. The maximum absolute atomic E-state index is 5.63. The lowest BCUT2D eigenvalue weighted by molar-refractivity contribution is 0.0498. The second kappa shape index (κ2) is 7.36. The molecule has 0 bridgehead atoms. The highest BCUT2D eigenvalue weighted by atomic mass is 16.5. The minimum Gasteiger partial charge on any atom is -0.381 e. The van der Waals surface area contributed by atoms with Crippen LogP contribution in [-0.2, 0) is 4.74 Å². The molecule has 2 fully saturated rings. The van der Waals surface area contributed by atoms with Gasteiger partial charge in [-0.25, -0.2) is 0 Å². The van der Waals surface area contributed by atoms with E-state index >= 15 is 0 Å². The zero-order chi connectivity index (χ0) is 14.5. The average molecular weight is 293 g/mol. The van der Waals surface area contributed by atoms with Crippen molar-refractivity contribution in [1.82, 2.24) is 15.5 Å². The van der Waals surface area contributed by atoms with Gasteiger partial charge in [-0.2, -0.15) is 4.98 Å². The largest absolute Gasteiger partial charge is 0.381 e. The maximum atomic E-state index is 5.63. The number of aromatic nitrogens is 2. The van der Waals surface area contributed by atoms with Crippen LogP contribution in [0.1, 0.15) is 75.4 Å². The molecule has 118 valence electrons. The molecule has 0 radical (unpaired) electrons. The van der Waals surface area contributed by atoms with Gasteiger partial charge >= 0.3 is 0 Å². The molecular formula is C16H27N3O2. The van der Waals surface area contributed by atoms with Gasteiger partial charge in [0.25, 0.3) is 0 Å². The Morgan fingerprint density at radius 2 is 2.05 bits per heavy atom. The van der Waals surface area contributed by atoms with Gasteiger partial charge in [0.1, 0.15) is 0 Å². The van der Waals surface area contributed by atoms with Crippen LogP contribution in [0.2, 0.25) is 0 Å². The van der Waals surface area contributed by atoms with Crippen LogP contribution in [-0.4, -0.2) is 35.9 Å². The van der Waals surface area contributed by atoms with Crippen molar-refractivity contribution in [2.24, 2.45) is 0 Å². The van der Waals surface area contributed by atoms with Crippen molar-refractivity contribution in [3.05, 3.63) is 11.7 Å². The molecule has 1 aromatic rings. The first-order valence-electron chi connectivity index (χ1n) is 8.53. The summed E-state index contributed by atoms with van der Waals surface area (Å²) in [4.78, 5) is 4.72. The van der Waals surface area contributed by atoms with Gasteiger partial charge in [0.15, 0.2) is 5.82 Å². The minimum atomic E-state index is 0.204. The van der Waals surface area contributed by atoms with Crippen molar-refractivity contribution < 1.29 is 9.26 Å². The number of hydrogen-bond acceptors (Lipinski definition) is 5. The number of nitrogens with zero attached hydrogens (tertiary/aromatic N) is 2. The molecule has 1 aliphatic heterocycles. The Morgan fingerprint density at radius 3 is 2.86 bits per heavy atom. The van der Waals surface area contributed by atoms with Gasteiger partial charge in [0.2, 0.25) is 5.89 Å². The number of hydrogen-bond donors (Lipinski definition) is 1. The van der Waals surface area contributed by atoms with Crippen LogP contribution in [0.15, 0.2) is 4.52 Å². The molecule has 2 heterocycles. The van der Waals surface area contributed by atoms with Crippen LogP contribution in [0.25, 0.3) is 0 Å². The van der Waals surface area contributed by atoms with E-state index < -0.39 is 0 Å². The summed E-state index contributed by atoms with van der Waals surface area (Å²) >= 11 is 0. The van der Waals surface area contributed by atoms with Crippen molar-refractivity contribution in [3.63, 3.8) is 0 Å². The molecule has 0 amide bonds. The Hall–Kier alpha value is -0.940. The van der Waals surface area contributed by atoms with Crippen molar-refractivity contribution in [2.75, 3.05) is 19.8 Å². The summed E-state index contributed by atoms with van der Waals surface area (Å²) in [6.45, 7) is 4.73. The van der Waals surface area contributed by atoms with E-state index in [2.05, 4.69) is 17.4 Å². The minimum absolute atomic E-state index is 0.204. The first kappa shape index (κ1) is 15.0. The molecule has 1 N–H and O–H groups in total. The van der Waals surface area contributed by atoms with E-state index in [1.165, 1.54) is 32.1 Å². The molecule has 1 saturated heterocycles. The highest BCUT2D eigenvalue weighted by molar-refractivity contribution is 5.04. The summed E-state index contributed by atoms with van der Waals surface area (Å²) in [5, 5.41) is 7.86. The van der Waals surface area contributed by atoms with Crippen molar-refractivity contribution in [3.8, 4) is 0 Å². The fraction of sp³-hybridized carbons (Fsp3) is 0.875. The van der Waals surface area contributed by atoms with Gasteiger partial charge in [0, 0.05) is 18.6 Å².